The molecule has 1 heterocycles. The van der Waals surface area contributed by atoms with Gasteiger partial charge in [-0.1, -0.05) is 31.9 Å². The summed E-state index contributed by atoms with van der Waals surface area (Å²) in [7, 11) is 0. The van der Waals surface area contributed by atoms with E-state index >= 15 is 0 Å². The van der Waals surface area contributed by atoms with Crippen molar-refractivity contribution in [3.63, 3.8) is 0 Å². The first-order valence-corrected chi connectivity index (χ1v) is 9.02. The second-order valence-corrected chi connectivity index (χ2v) is 6.54. The van der Waals surface area contributed by atoms with Crippen LogP contribution >= 0.6 is 0 Å². The van der Waals surface area contributed by atoms with E-state index in [0.29, 0.717) is 17.9 Å². The fourth-order valence-electron chi connectivity index (χ4n) is 3.40. The molecule has 0 saturated heterocycles. The third-order valence-electron chi connectivity index (χ3n) is 4.75. The summed E-state index contributed by atoms with van der Waals surface area (Å²) in [6.07, 6.45) is 5.50. The summed E-state index contributed by atoms with van der Waals surface area (Å²) in [5, 5.41) is 7.45. The van der Waals surface area contributed by atoms with Crippen LogP contribution in [0.1, 0.15) is 54.4 Å². The van der Waals surface area contributed by atoms with Crippen LogP contribution in [0.5, 0.6) is 0 Å². The third kappa shape index (κ3) is 3.58. The van der Waals surface area contributed by atoms with Gasteiger partial charge >= 0.3 is 0 Å². The first-order valence-electron chi connectivity index (χ1n) is 9.02. The molecule has 1 aromatic carbocycles. The van der Waals surface area contributed by atoms with Gasteiger partial charge < -0.3 is 11.1 Å². The van der Waals surface area contributed by atoms with E-state index in [-0.39, 0.29) is 17.8 Å². The number of rotatable bonds is 7. The molecule has 6 heteroatoms. The topological polar surface area (TPSA) is 72.9 Å². The lowest BCUT2D eigenvalue weighted by molar-refractivity contribution is 0.0929. The van der Waals surface area contributed by atoms with E-state index in [9.17, 15) is 9.18 Å². The summed E-state index contributed by atoms with van der Waals surface area (Å²) in [5.41, 5.74) is 8.45. The van der Waals surface area contributed by atoms with Crippen molar-refractivity contribution < 1.29 is 9.18 Å². The molecule has 2 aromatic rings. The zero-order chi connectivity index (χ0) is 17.8. The van der Waals surface area contributed by atoms with Crippen molar-refractivity contribution in [2.45, 2.75) is 51.5 Å². The number of hydrogen-bond acceptors (Lipinski definition) is 3. The smallest absolute Gasteiger partial charge is 0.272 e. The van der Waals surface area contributed by atoms with Gasteiger partial charge in [0.15, 0.2) is 5.69 Å². The molecular formula is C19H25FN4O. The molecule has 3 N–H and O–H groups in total. The summed E-state index contributed by atoms with van der Waals surface area (Å²) in [4.78, 5) is 12.7. The van der Waals surface area contributed by atoms with Crippen molar-refractivity contribution in [2.75, 3.05) is 6.54 Å². The largest absolute Gasteiger partial charge is 0.347 e. The number of fused-ring (bicyclic) bond motifs is 1. The van der Waals surface area contributed by atoms with Gasteiger partial charge in [0, 0.05) is 23.8 Å². The van der Waals surface area contributed by atoms with Crippen LogP contribution in [0.3, 0.4) is 0 Å². The van der Waals surface area contributed by atoms with Crippen molar-refractivity contribution in [1.82, 2.24) is 15.1 Å². The highest BCUT2D eigenvalue weighted by Gasteiger charge is 2.28. The van der Waals surface area contributed by atoms with Crippen LogP contribution in [0.15, 0.2) is 24.3 Å². The molecule has 3 rings (SSSR count). The highest BCUT2D eigenvalue weighted by atomic mass is 19.1. The van der Waals surface area contributed by atoms with Crippen LogP contribution in [-0.4, -0.2) is 28.3 Å². The van der Waals surface area contributed by atoms with Gasteiger partial charge in [0.1, 0.15) is 11.5 Å². The van der Waals surface area contributed by atoms with Gasteiger partial charge in [-0.15, -0.1) is 0 Å². The van der Waals surface area contributed by atoms with Gasteiger partial charge in [0.25, 0.3) is 5.91 Å². The van der Waals surface area contributed by atoms with Crippen molar-refractivity contribution >= 4 is 5.91 Å². The van der Waals surface area contributed by atoms with Gasteiger partial charge in [0.2, 0.25) is 0 Å². The Morgan fingerprint density at radius 3 is 2.92 bits per heavy atom. The number of nitrogens with zero attached hydrogens (tertiary/aromatic N) is 2. The minimum absolute atomic E-state index is 0.0527. The van der Waals surface area contributed by atoms with Crippen LogP contribution in [0.2, 0.25) is 0 Å². The maximum absolute atomic E-state index is 14.2. The molecule has 1 aromatic heterocycles. The fraction of sp³-hybridized carbons (Fsp3) is 0.474. The number of para-hydroxylation sites is 1. The molecule has 134 valence electrons. The zero-order valence-electron chi connectivity index (χ0n) is 14.6. The van der Waals surface area contributed by atoms with Crippen molar-refractivity contribution in [3.8, 4) is 5.69 Å². The van der Waals surface area contributed by atoms with E-state index in [4.69, 9.17) is 5.73 Å². The van der Waals surface area contributed by atoms with E-state index in [0.717, 1.165) is 49.8 Å². The second-order valence-electron chi connectivity index (χ2n) is 6.54. The van der Waals surface area contributed by atoms with E-state index < -0.39 is 0 Å². The standard InChI is InChI=1S/C19H25FN4O/c1-2-3-7-13(12-21)22-19(25)18-14-8-6-11-16(14)24(23-18)17-10-5-4-9-15(17)20/h4-5,9-10,13H,2-3,6-8,11-12,21H2,1H3,(H,22,25). The molecule has 1 aliphatic rings. The van der Waals surface area contributed by atoms with Crippen LogP contribution in [0.25, 0.3) is 5.69 Å². The Morgan fingerprint density at radius 2 is 2.20 bits per heavy atom. The van der Waals surface area contributed by atoms with E-state index in [1.165, 1.54) is 6.07 Å². The summed E-state index contributed by atoms with van der Waals surface area (Å²) >= 11 is 0. The second kappa shape index (κ2) is 7.78. The number of benzene rings is 1. The van der Waals surface area contributed by atoms with Gasteiger partial charge in [-0.05, 0) is 37.8 Å². The molecule has 1 amide bonds. The molecule has 0 spiro atoms. The van der Waals surface area contributed by atoms with Gasteiger partial charge in [-0.2, -0.15) is 5.10 Å². The maximum Gasteiger partial charge on any atom is 0.272 e. The van der Waals surface area contributed by atoms with Crippen molar-refractivity contribution in [2.24, 2.45) is 5.73 Å². The number of carbonyl (C=O) groups is 1. The molecule has 25 heavy (non-hydrogen) atoms. The summed E-state index contributed by atoms with van der Waals surface area (Å²) in [6, 6.07) is 6.47. The molecule has 0 bridgehead atoms. The molecule has 0 radical (unpaired) electrons. The van der Waals surface area contributed by atoms with E-state index in [1.807, 2.05) is 0 Å². The number of nitrogens with one attached hydrogen (secondary N) is 1. The first-order chi connectivity index (χ1) is 12.2. The lowest BCUT2D eigenvalue weighted by Crippen LogP contribution is -2.40. The first kappa shape index (κ1) is 17.6. The number of halogens is 1. The molecule has 0 saturated carbocycles. The lowest BCUT2D eigenvalue weighted by Gasteiger charge is -2.16. The van der Waals surface area contributed by atoms with E-state index in [2.05, 4.69) is 17.3 Å². The lowest BCUT2D eigenvalue weighted by atomic mass is 10.1. The van der Waals surface area contributed by atoms with Gasteiger partial charge in [-0.3, -0.25) is 4.79 Å². The Morgan fingerprint density at radius 1 is 1.40 bits per heavy atom. The van der Waals surface area contributed by atoms with Crippen molar-refractivity contribution in [1.29, 1.82) is 0 Å². The van der Waals surface area contributed by atoms with Crippen LogP contribution in [-0.2, 0) is 12.8 Å². The van der Waals surface area contributed by atoms with Crippen molar-refractivity contribution in [3.05, 3.63) is 47.0 Å². The third-order valence-corrected chi connectivity index (χ3v) is 4.75. The summed E-state index contributed by atoms with van der Waals surface area (Å²) in [6.45, 7) is 2.51. The van der Waals surface area contributed by atoms with E-state index in [1.54, 1.807) is 22.9 Å². The molecule has 1 unspecified atom stereocenters. The number of aromatic nitrogens is 2. The monoisotopic (exact) mass is 344 g/mol. The Labute approximate surface area is 147 Å². The number of hydrogen-bond donors (Lipinski definition) is 2. The van der Waals surface area contributed by atoms with Crippen LogP contribution in [0, 0.1) is 5.82 Å². The molecule has 0 fully saturated rings. The average molecular weight is 344 g/mol. The minimum Gasteiger partial charge on any atom is -0.347 e. The number of unbranched alkanes of at least 4 members (excludes halogenated alkanes) is 1. The van der Waals surface area contributed by atoms with Crippen LogP contribution < -0.4 is 11.1 Å². The number of amides is 1. The van der Waals surface area contributed by atoms with Gasteiger partial charge in [0.05, 0.1) is 0 Å². The quantitative estimate of drug-likeness (QED) is 0.811. The molecule has 5 nitrogen and oxygen atoms in total. The predicted molar refractivity (Wildman–Crippen MR) is 95.4 cm³/mol. The summed E-state index contributed by atoms with van der Waals surface area (Å²) in [5.74, 6) is -0.547. The SMILES string of the molecule is CCCCC(CN)NC(=O)c1nn(-c2ccccc2F)c2c1CCC2. The number of carbonyl (C=O) groups excluding carboxylic acids is 1. The zero-order valence-corrected chi connectivity index (χ0v) is 14.6. The molecular weight excluding hydrogens is 319 g/mol. The Bertz CT molecular complexity index is 756. The number of nitrogens with two attached hydrogens (primary N) is 1. The highest BCUT2D eigenvalue weighted by Crippen LogP contribution is 2.28. The molecule has 1 atom stereocenters. The Hall–Kier alpha value is -2.21. The normalized spacial score (nSPS) is 14.4. The summed E-state index contributed by atoms with van der Waals surface area (Å²) < 4.78 is 15.8. The minimum atomic E-state index is -0.338. The van der Waals surface area contributed by atoms with Gasteiger partial charge in [-0.25, -0.2) is 9.07 Å². The molecule has 1 aliphatic carbocycles. The van der Waals surface area contributed by atoms with Crippen LogP contribution in [0.4, 0.5) is 4.39 Å². The Kier molecular flexibility index (Phi) is 5.48. The maximum atomic E-state index is 14.2. The average Bonchev–Trinajstić information content (AvgIpc) is 3.21. The highest BCUT2D eigenvalue weighted by molar-refractivity contribution is 5.94. The Balaban J connectivity index is 1.89. The predicted octanol–water partition coefficient (Wildman–Crippen LogP) is 2.75. The fourth-order valence-corrected chi connectivity index (χ4v) is 3.40. The molecule has 0 aliphatic heterocycles.